The molecule has 0 aromatic heterocycles. The molecule has 0 amide bonds. The maximum Gasteiger partial charge on any atom is 0.0579 e. The number of benzene rings is 1. The molecule has 3 heteroatoms. The summed E-state index contributed by atoms with van der Waals surface area (Å²) < 4.78 is 6.95. The Balaban J connectivity index is 2.00. The van der Waals surface area contributed by atoms with Crippen molar-refractivity contribution in [1.82, 2.24) is 0 Å². The lowest BCUT2D eigenvalue weighted by Crippen LogP contribution is -2.28. The molecule has 0 aliphatic heterocycles. The lowest BCUT2D eigenvalue weighted by Gasteiger charge is -2.30. The van der Waals surface area contributed by atoms with Crippen LogP contribution in [0.15, 0.2) is 22.7 Å². The van der Waals surface area contributed by atoms with Crippen molar-refractivity contribution in [2.45, 2.75) is 58.7 Å². The van der Waals surface area contributed by atoms with Gasteiger partial charge >= 0.3 is 0 Å². The first-order chi connectivity index (χ1) is 9.47. The highest BCUT2D eigenvalue weighted by Gasteiger charge is 2.26. The molecule has 1 aromatic rings. The van der Waals surface area contributed by atoms with E-state index in [1.54, 1.807) is 0 Å². The molecule has 20 heavy (non-hydrogen) atoms. The Morgan fingerprint density at radius 2 is 1.90 bits per heavy atom. The predicted molar refractivity (Wildman–Crippen MR) is 87.7 cm³/mol. The van der Waals surface area contributed by atoms with Gasteiger partial charge in [-0.25, -0.2) is 0 Å². The largest absolute Gasteiger partial charge is 0.376 e. The van der Waals surface area contributed by atoms with Gasteiger partial charge in [0.1, 0.15) is 0 Å². The topological polar surface area (TPSA) is 33.1 Å². The summed E-state index contributed by atoms with van der Waals surface area (Å²) in [7, 11) is 0. The van der Waals surface area contributed by atoms with Crippen LogP contribution in [-0.4, -0.2) is 17.9 Å². The lowest BCUT2D eigenvalue weighted by molar-refractivity contribution is -0.0154. The molecule has 0 radical (unpaired) electrons. The van der Waals surface area contributed by atoms with Gasteiger partial charge in [-0.05, 0) is 69.7 Å². The van der Waals surface area contributed by atoms with Gasteiger partial charge < -0.3 is 10.1 Å². The van der Waals surface area contributed by atoms with Crippen LogP contribution in [0, 0.1) is 18.3 Å². The monoisotopic (exact) mass is 337 g/mol. The summed E-state index contributed by atoms with van der Waals surface area (Å²) in [4.78, 5) is 0. The fourth-order valence-corrected chi connectivity index (χ4v) is 3.34. The smallest absolute Gasteiger partial charge is 0.0579 e. The molecular weight excluding hydrogens is 314 g/mol. The van der Waals surface area contributed by atoms with E-state index in [-0.39, 0.29) is 0 Å². The lowest BCUT2D eigenvalue weighted by atomic mass is 9.81. The zero-order valence-electron chi connectivity index (χ0n) is 12.6. The molecule has 2 rings (SSSR count). The van der Waals surface area contributed by atoms with Gasteiger partial charge in [-0.1, -0.05) is 22.0 Å². The van der Waals surface area contributed by atoms with Crippen molar-refractivity contribution in [2.24, 2.45) is 5.92 Å². The molecule has 0 bridgehead atoms. The van der Waals surface area contributed by atoms with Gasteiger partial charge in [0.15, 0.2) is 0 Å². The standard InChI is InChI=1S/C17H24BrNO/c1-11(2)20-15-8-5-13(6-9-15)17(19)16-10-14(18)7-4-12(16)3/h4,7,10-11,13,15,19H,5-6,8-9H2,1-3H3. The van der Waals surface area contributed by atoms with Crippen LogP contribution in [0.4, 0.5) is 0 Å². The molecule has 1 aromatic carbocycles. The van der Waals surface area contributed by atoms with Crippen LogP contribution >= 0.6 is 15.9 Å². The van der Waals surface area contributed by atoms with Crippen molar-refractivity contribution in [2.75, 3.05) is 0 Å². The van der Waals surface area contributed by atoms with Crippen molar-refractivity contribution in [3.8, 4) is 0 Å². The van der Waals surface area contributed by atoms with E-state index in [0.717, 1.165) is 41.4 Å². The van der Waals surface area contributed by atoms with Crippen LogP contribution in [-0.2, 0) is 4.74 Å². The summed E-state index contributed by atoms with van der Waals surface area (Å²) in [5.74, 6) is 0.384. The summed E-state index contributed by atoms with van der Waals surface area (Å²) in [5.41, 5.74) is 3.08. The van der Waals surface area contributed by atoms with Crippen LogP contribution in [0.2, 0.25) is 0 Å². The fourth-order valence-electron chi connectivity index (χ4n) is 2.98. The molecule has 1 fully saturated rings. The van der Waals surface area contributed by atoms with Gasteiger partial charge in [-0.2, -0.15) is 0 Å². The van der Waals surface area contributed by atoms with Crippen LogP contribution in [0.1, 0.15) is 50.7 Å². The van der Waals surface area contributed by atoms with Crippen LogP contribution < -0.4 is 0 Å². The van der Waals surface area contributed by atoms with Gasteiger partial charge in [0.05, 0.1) is 12.2 Å². The minimum atomic E-state index is 0.309. The number of aryl methyl sites for hydroxylation is 1. The molecule has 1 aliphatic carbocycles. The Hall–Kier alpha value is -0.670. The third-order valence-corrected chi connectivity index (χ3v) is 4.53. The van der Waals surface area contributed by atoms with Crippen LogP contribution in [0.3, 0.4) is 0 Å². The third kappa shape index (κ3) is 3.92. The Morgan fingerprint density at radius 1 is 1.25 bits per heavy atom. The molecule has 2 nitrogen and oxygen atoms in total. The van der Waals surface area contributed by atoms with Crippen molar-refractivity contribution >= 4 is 21.6 Å². The number of rotatable bonds is 4. The SMILES string of the molecule is Cc1ccc(Br)cc1C(=N)C1CCC(OC(C)C)CC1. The Labute approximate surface area is 130 Å². The first-order valence-corrected chi connectivity index (χ1v) is 8.27. The van der Waals surface area contributed by atoms with E-state index in [4.69, 9.17) is 10.1 Å². The molecule has 1 saturated carbocycles. The molecule has 0 unspecified atom stereocenters. The predicted octanol–water partition coefficient (Wildman–Crippen LogP) is 5.11. The maximum atomic E-state index is 8.51. The molecule has 0 spiro atoms. The second-order valence-corrected chi connectivity index (χ2v) is 6.95. The molecule has 1 N–H and O–H groups in total. The number of halogens is 1. The van der Waals surface area contributed by atoms with Gasteiger partial charge in [-0.15, -0.1) is 0 Å². The maximum absolute atomic E-state index is 8.51. The minimum absolute atomic E-state index is 0.309. The molecule has 1 aliphatic rings. The average Bonchev–Trinajstić information content (AvgIpc) is 2.41. The highest BCUT2D eigenvalue weighted by Crippen LogP contribution is 2.31. The van der Waals surface area contributed by atoms with Crippen molar-refractivity contribution in [3.63, 3.8) is 0 Å². The minimum Gasteiger partial charge on any atom is -0.376 e. The first kappa shape index (κ1) is 15.7. The van der Waals surface area contributed by atoms with E-state index >= 15 is 0 Å². The number of hydrogen-bond acceptors (Lipinski definition) is 2. The average molecular weight is 338 g/mol. The van der Waals surface area contributed by atoms with E-state index in [2.05, 4.69) is 48.8 Å². The molecule has 0 heterocycles. The molecule has 0 atom stereocenters. The zero-order valence-corrected chi connectivity index (χ0v) is 14.2. The number of nitrogens with one attached hydrogen (secondary N) is 1. The summed E-state index contributed by atoms with van der Waals surface area (Å²) in [6.07, 6.45) is 5.01. The quantitative estimate of drug-likeness (QED) is 0.761. The second-order valence-electron chi connectivity index (χ2n) is 6.03. The van der Waals surface area contributed by atoms with Gasteiger partial charge in [0.2, 0.25) is 0 Å². The molecular formula is C17H24BrNO. The van der Waals surface area contributed by atoms with E-state index in [9.17, 15) is 0 Å². The number of hydrogen-bond donors (Lipinski definition) is 1. The third-order valence-electron chi connectivity index (χ3n) is 4.04. The Morgan fingerprint density at radius 3 is 2.50 bits per heavy atom. The van der Waals surface area contributed by atoms with Crippen LogP contribution in [0.25, 0.3) is 0 Å². The summed E-state index contributed by atoms with van der Waals surface area (Å²) >= 11 is 3.51. The normalized spacial score (nSPS) is 23.1. The molecule has 0 saturated heterocycles. The van der Waals surface area contributed by atoms with Crippen molar-refractivity contribution < 1.29 is 4.74 Å². The van der Waals surface area contributed by atoms with E-state index in [1.807, 2.05) is 6.07 Å². The van der Waals surface area contributed by atoms with E-state index in [0.29, 0.717) is 18.1 Å². The van der Waals surface area contributed by atoms with Gasteiger partial charge in [0.25, 0.3) is 0 Å². The second kappa shape index (κ2) is 6.86. The Kier molecular flexibility index (Phi) is 5.39. The summed E-state index contributed by atoms with van der Waals surface area (Å²) in [5, 5.41) is 8.51. The number of ether oxygens (including phenoxy) is 1. The molecule has 110 valence electrons. The van der Waals surface area contributed by atoms with Crippen LogP contribution in [0.5, 0.6) is 0 Å². The van der Waals surface area contributed by atoms with Crippen molar-refractivity contribution in [3.05, 3.63) is 33.8 Å². The van der Waals surface area contributed by atoms with E-state index in [1.165, 1.54) is 5.56 Å². The first-order valence-electron chi connectivity index (χ1n) is 7.47. The summed E-state index contributed by atoms with van der Waals surface area (Å²) in [6.45, 7) is 6.28. The fraction of sp³-hybridized carbons (Fsp3) is 0.588. The summed E-state index contributed by atoms with van der Waals surface area (Å²) in [6, 6.07) is 6.20. The highest BCUT2D eigenvalue weighted by atomic mass is 79.9. The van der Waals surface area contributed by atoms with Gasteiger partial charge in [-0.3, -0.25) is 0 Å². The van der Waals surface area contributed by atoms with Gasteiger partial charge in [0, 0.05) is 16.1 Å². The highest BCUT2D eigenvalue weighted by molar-refractivity contribution is 9.10. The van der Waals surface area contributed by atoms with E-state index < -0.39 is 0 Å². The zero-order chi connectivity index (χ0) is 14.7. The Bertz CT molecular complexity index is 476. The van der Waals surface area contributed by atoms with Crippen molar-refractivity contribution in [1.29, 1.82) is 5.41 Å².